The van der Waals surface area contributed by atoms with E-state index in [2.05, 4.69) is 10.1 Å². The van der Waals surface area contributed by atoms with Crippen molar-refractivity contribution in [2.45, 2.75) is 6.92 Å². The van der Waals surface area contributed by atoms with Gasteiger partial charge < -0.3 is 19.9 Å². The molecule has 1 amide bonds. The summed E-state index contributed by atoms with van der Waals surface area (Å²) in [6.07, 6.45) is 1.13. The highest BCUT2D eigenvalue weighted by Gasteiger charge is 2.20. The summed E-state index contributed by atoms with van der Waals surface area (Å²) in [7, 11) is 1.24. The van der Waals surface area contributed by atoms with Crippen LogP contribution >= 0.6 is 0 Å². The van der Waals surface area contributed by atoms with E-state index in [4.69, 9.17) is 4.74 Å². The first-order valence-electron chi connectivity index (χ1n) is 8.56. The first kappa shape index (κ1) is 21.9. The van der Waals surface area contributed by atoms with Crippen molar-refractivity contribution >= 4 is 29.3 Å². The van der Waals surface area contributed by atoms with Gasteiger partial charge in [0.2, 0.25) is 5.75 Å². The maximum Gasteiger partial charge on any atom is 0.337 e. The number of nitrogens with one attached hydrogen (secondary N) is 1. The third-order valence-corrected chi connectivity index (χ3v) is 3.81. The van der Waals surface area contributed by atoms with Gasteiger partial charge in [-0.2, -0.15) is 5.26 Å². The van der Waals surface area contributed by atoms with Crippen LogP contribution < -0.4 is 10.1 Å². The number of amides is 1. The number of phenols is 1. The van der Waals surface area contributed by atoms with E-state index in [1.165, 1.54) is 37.4 Å². The summed E-state index contributed by atoms with van der Waals surface area (Å²) < 4.78 is 9.76. The topological polar surface area (TPSA) is 152 Å². The summed E-state index contributed by atoms with van der Waals surface area (Å²) >= 11 is 0. The zero-order valence-electron chi connectivity index (χ0n) is 16.0. The van der Waals surface area contributed by atoms with Crippen LogP contribution in [0.5, 0.6) is 11.5 Å². The van der Waals surface area contributed by atoms with Crippen molar-refractivity contribution in [3.63, 3.8) is 0 Å². The van der Waals surface area contributed by atoms with E-state index in [1.54, 1.807) is 13.0 Å². The SMILES string of the molecule is CCOc1cc(/C=C(\C#N)C(=O)Nc2ccc(C(=O)OC)cc2)cc([N+](=O)[O-])c1O. The van der Waals surface area contributed by atoms with Gasteiger partial charge >= 0.3 is 11.7 Å². The molecule has 0 spiro atoms. The van der Waals surface area contributed by atoms with E-state index in [0.717, 1.165) is 12.1 Å². The van der Waals surface area contributed by atoms with Crippen molar-refractivity contribution in [1.82, 2.24) is 0 Å². The van der Waals surface area contributed by atoms with Gasteiger partial charge in [0, 0.05) is 11.8 Å². The fraction of sp³-hybridized carbons (Fsp3) is 0.150. The molecule has 10 nitrogen and oxygen atoms in total. The van der Waals surface area contributed by atoms with Gasteiger partial charge in [-0.15, -0.1) is 0 Å². The zero-order valence-corrected chi connectivity index (χ0v) is 16.0. The van der Waals surface area contributed by atoms with E-state index in [1.807, 2.05) is 0 Å². The second-order valence-corrected chi connectivity index (χ2v) is 5.77. The molecule has 2 rings (SSSR count). The van der Waals surface area contributed by atoms with Gasteiger partial charge in [0.25, 0.3) is 5.91 Å². The number of carbonyl (C=O) groups excluding carboxylic acids is 2. The third-order valence-electron chi connectivity index (χ3n) is 3.81. The molecule has 2 N–H and O–H groups in total. The van der Waals surface area contributed by atoms with E-state index in [-0.39, 0.29) is 29.1 Å². The summed E-state index contributed by atoms with van der Waals surface area (Å²) in [5.41, 5.74) is -0.236. The van der Waals surface area contributed by atoms with Crippen LogP contribution in [0.1, 0.15) is 22.8 Å². The molecule has 0 atom stereocenters. The molecule has 0 aliphatic rings. The fourth-order valence-corrected chi connectivity index (χ4v) is 2.42. The lowest BCUT2D eigenvalue weighted by molar-refractivity contribution is -0.386. The smallest absolute Gasteiger partial charge is 0.337 e. The Labute approximate surface area is 171 Å². The minimum absolute atomic E-state index is 0.121. The lowest BCUT2D eigenvalue weighted by Crippen LogP contribution is -2.13. The van der Waals surface area contributed by atoms with Crippen LogP contribution in [0.4, 0.5) is 11.4 Å². The molecule has 0 fully saturated rings. The molecule has 0 heterocycles. The molecule has 2 aromatic carbocycles. The number of aromatic hydroxyl groups is 1. The number of hydrogen-bond acceptors (Lipinski definition) is 8. The zero-order chi connectivity index (χ0) is 22.3. The largest absolute Gasteiger partial charge is 0.500 e. The normalized spacial score (nSPS) is 10.6. The number of phenolic OH excluding ortho intramolecular Hbond substituents is 1. The second-order valence-electron chi connectivity index (χ2n) is 5.77. The molecule has 0 aliphatic heterocycles. The van der Waals surface area contributed by atoms with Gasteiger partial charge in [0.05, 0.1) is 24.2 Å². The van der Waals surface area contributed by atoms with Crippen LogP contribution in [-0.2, 0) is 9.53 Å². The second kappa shape index (κ2) is 9.70. The van der Waals surface area contributed by atoms with E-state index >= 15 is 0 Å². The number of nitrogens with zero attached hydrogens (tertiary/aromatic N) is 2. The monoisotopic (exact) mass is 411 g/mol. The van der Waals surface area contributed by atoms with Crippen LogP contribution in [0.2, 0.25) is 0 Å². The van der Waals surface area contributed by atoms with Crippen LogP contribution in [0.15, 0.2) is 42.0 Å². The first-order valence-corrected chi connectivity index (χ1v) is 8.56. The van der Waals surface area contributed by atoms with Gasteiger partial charge in [0.1, 0.15) is 11.6 Å². The molecular weight excluding hydrogens is 394 g/mol. The summed E-state index contributed by atoms with van der Waals surface area (Å²) in [4.78, 5) is 34.2. The number of carbonyl (C=O) groups is 2. The number of nitro groups is 1. The van der Waals surface area contributed by atoms with Crippen molar-refractivity contribution < 1.29 is 29.1 Å². The van der Waals surface area contributed by atoms with Crippen molar-refractivity contribution in [1.29, 1.82) is 5.26 Å². The maximum atomic E-state index is 12.4. The van der Waals surface area contributed by atoms with Gasteiger partial charge in [0.15, 0.2) is 5.75 Å². The van der Waals surface area contributed by atoms with E-state index < -0.39 is 28.2 Å². The average molecular weight is 411 g/mol. The summed E-state index contributed by atoms with van der Waals surface area (Å²) in [5.74, 6) is -2.09. The number of nitro benzene ring substituents is 1. The Morgan fingerprint density at radius 3 is 2.50 bits per heavy atom. The number of esters is 1. The molecule has 0 saturated carbocycles. The van der Waals surface area contributed by atoms with Crippen LogP contribution in [-0.4, -0.2) is 35.6 Å². The first-order chi connectivity index (χ1) is 14.3. The Bertz CT molecular complexity index is 1050. The Kier molecular flexibility index (Phi) is 7.08. The lowest BCUT2D eigenvalue weighted by Gasteiger charge is -2.08. The number of rotatable bonds is 7. The molecular formula is C20H17N3O7. The third kappa shape index (κ3) is 5.11. The van der Waals surface area contributed by atoms with Crippen LogP contribution in [0.25, 0.3) is 6.08 Å². The molecule has 154 valence electrons. The Hall–Kier alpha value is -4.39. The van der Waals surface area contributed by atoms with Gasteiger partial charge in [-0.3, -0.25) is 14.9 Å². The number of nitriles is 1. The predicted octanol–water partition coefficient (Wildman–Crippen LogP) is 3.03. The summed E-state index contributed by atoms with van der Waals surface area (Å²) in [6, 6.07) is 9.82. The highest BCUT2D eigenvalue weighted by atomic mass is 16.6. The van der Waals surface area contributed by atoms with E-state index in [0.29, 0.717) is 5.69 Å². The van der Waals surface area contributed by atoms with Crippen molar-refractivity contribution in [2.75, 3.05) is 19.0 Å². The molecule has 0 bridgehead atoms. The molecule has 0 aromatic heterocycles. The van der Waals surface area contributed by atoms with Crippen molar-refractivity contribution in [3.05, 3.63) is 63.2 Å². The lowest BCUT2D eigenvalue weighted by atomic mass is 10.1. The standard InChI is InChI=1S/C20H17N3O7/c1-3-30-17-10-12(9-16(18(17)24)23(27)28)8-14(11-21)19(25)22-15-6-4-13(5-7-15)20(26)29-2/h4-10,24H,3H2,1-2H3,(H,22,25)/b14-8+. The van der Waals surface area contributed by atoms with Gasteiger partial charge in [-0.05, 0) is 48.9 Å². The van der Waals surface area contributed by atoms with Crippen LogP contribution in [0, 0.1) is 21.4 Å². The summed E-state index contributed by atoms with van der Waals surface area (Å²) in [5, 5.41) is 32.9. The minimum Gasteiger partial charge on any atom is -0.500 e. The molecule has 0 saturated heterocycles. The highest BCUT2D eigenvalue weighted by molar-refractivity contribution is 6.09. The fourth-order valence-electron chi connectivity index (χ4n) is 2.42. The number of anilines is 1. The quantitative estimate of drug-likeness (QED) is 0.232. The van der Waals surface area contributed by atoms with Crippen LogP contribution in [0.3, 0.4) is 0 Å². The highest BCUT2D eigenvalue weighted by Crippen LogP contribution is 2.37. The number of benzene rings is 2. The molecule has 30 heavy (non-hydrogen) atoms. The molecule has 0 aliphatic carbocycles. The average Bonchev–Trinajstić information content (AvgIpc) is 2.73. The number of hydrogen-bond donors (Lipinski definition) is 2. The summed E-state index contributed by atoms with van der Waals surface area (Å²) in [6.45, 7) is 1.78. The molecule has 0 radical (unpaired) electrons. The Balaban J connectivity index is 2.32. The number of methoxy groups -OCH3 is 1. The molecule has 10 heteroatoms. The minimum atomic E-state index is -0.801. The predicted molar refractivity (Wildman–Crippen MR) is 106 cm³/mol. The number of ether oxygens (including phenoxy) is 2. The van der Waals surface area contributed by atoms with Crippen molar-refractivity contribution in [3.8, 4) is 17.6 Å². The maximum absolute atomic E-state index is 12.4. The van der Waals surface area contributed by atoms with Gasteiger partial charge in [-0.1, -0.05) is 0 Å². The Morgan fingerprint density at radius 2 is 1.97 bits per heavy atom. The Morgan fingerprint density at radius 1 is 1.30 bits per heavy atom. The van der Waals surface area contributed by atoms with Crippen molar-refractivity contribution in [2.24, 2.45) is 0 Å². The molecule has 0 unspecified atom stereocenters. The van der Waals surface area contributed by atoms with Gasteiger partial charge in [-0.25, -0.2) is 4.79 Å². The van der Waals surface area contributed by atoms with E-state index in [9.17, 15) is 30.1 Å². The molecule has 2 aromatic rings.